The molecule has 0 N–H and O–H groups in total. The van der Waals surface area contributed by atoms with Crippen molar-refractivity contribution in [1.82, 2.24) is 0 Å². The van der Waals surface area contributed by atoms with Crippen LogP contribution in [0.3, 0.4) is 0 Å². The highest BCUT2D eigenvalue weighted by atomic mass is 16.8. The van der Waals surface area contributed by atoms with E-state index in [9.17, 15) is 39.4 Å². The predicted molar refractivity (Wildman–Crippen MR) is 169 cm³/mol. The van der Waals surface area contributed by atoms with Crippen molar-refractivity contribution >= 4 is 35.8 Å². The molecule has 1 aliphatic heterocycles. The third-order valence-corrected chi connectivity index (χ3v) is 6.62. The number of nitro benzene ring substituents is 2. The summed E-state index contributed by atoms with van der Waals surface area (Å²) >= 11 is 0. The van der Waals surface area contributed by atoms with E-state index >= 15 is 0 Å². The highest BCUT2D eigenvalue weighted by Crippen LogP contribution is 2.36. The Morgan fingerprint density at radius 3 is 1.94 bits per heavy atom. The molecule has 19 heteroatoms. The molecule has 1 saturated heterocycles. The van der Waals surface area contributed by atoms with Gasteiger partial charge in [-0.3, -0.25) is 20.2 Å². The zero-order valence-corrected chi connectivity index (χ0v) is 26.9. The Bertz CT molecular complexity index is 1630. The first-order valence-corrected chi connectivity index (χ1v) is 14.7. The van der Waals surface area contributed by atoms with Crippen LogP contribution in [0.15, 0.2) is 80.4 Å². The topological polar surface area (TPSA) is 238 Å². The maximum atomic E-state index is 13.0. The van der Waals surface area contributed by atoms with E-state index in [0.29, 0.717) is 0 Å². The number of benzene rings is 2. The lowest BCUT2D eigenvalue weighted by Crippen LogP contribution is -2.60. The summed E-state index contributed by atoms with van der Waals surface area (Å²) in [4.78, 5) is 71.7. The minimum absolute atomic E-state index is 0.0600. The van der Waals surface area contributed by atoms with Crippen LogP contribution in [0.2, 0.25) is 0 Å². The molecule has 0 unspecified atom stereocenters. The van der Waals surface area contributed by atoms with Gasteiger partial charge in [0.25, 0.3) is 5.69 Å². The van der Waals surface area contributed by atoms with Gasteiger partial charge in [-0.05, 0) is 23.8 Å². The standard InChI is InChI=1S/C32H32N2O17/c1-5-14-43-28(35)26-19(4)25(50-30(36)44-15-6-2)27(51-31(37)45-16-7-3)29(49-26)48-24-13-8-20(17-23(24)34(41)42)18-46-32(38)47-22-11-9-21(10-12-22)33(39)40/h5-13,17,19,25-27,29H,1-3,14-16,18H2,4H3/t19-,25-,26-,27+,29+/m0/s1. The highest BCUT2D eigenvalue weighted by Gasteiger charge is 2.53. The second-order valence-electron chi connectivity index (χ2n) is 10.1. The van der Waals surface area contributed by atoms with E-state index in [-0.39, 0.29) is 36.8 Å². The van der Waals surface area contributed by atoms with Gasteiger partial charge < -0.3 is 42.6 Å². The summed E-state index contributed by atoms with van der Waals surface area (Å²) in [6.45, 7) is 10.4. The molecule has 1 fully saturated rings. The smallest absolute Gasteiger partial charge is 0.460 e. The number of rotatable bonds is 16. The molecule has 2 aromatic rings. The van der Waals surface area contributed by atoms with Crippen LogP contribution in [0.25, 0.3) is 0 Å². The maximum Gasteiger partial charge on any atom is 0.514 e. The van der Waals surface area contributed by atoms with E-state index in [1.807, 2.05) is 0 Å². The number of carbonyl (C=O) groups is 4. The van der Waals surface area contributed by atoms with Gasteiger partial charge in [-0.1, -0.05) is 51.0 Å². The molecule has 272 valence electrons. The van der Waals surface area contributed by atoms with Gasteiger partial charge >= 0.3 is 30.1 Å². The summed E-state index contributed by atoms with van der Waals surface area (Å²) in [7, 11) is 0. The van der Waals surface area contributed by atoms with E-state index in [1.165, 1.54) is 43.4 Å². The lowest BCUT2D eigenvalue weighted by molar-refractivity contribution is -0.387. The molecule has 1 heterocycles. The molecule has 0 spiro atoms. The van der Waals surface area contributed by atoms with Crippen molar-refractivity contribution in [3.05, 3.63) is 106 Å². The molecule has 0 radical (unpaired) electrons. The lowest BCUT2D eigenvalue weighted by atomic mass is 9.90. The second-order valence-corrected chi connectivity index (χ2v) is 10.1. The summed E-state index contributed by atoms with van der Waals surface area (Å²) in [6, 6.07) is 7.93. The van der Waals surface area contributed by atoms with Crippen molar-refractivity contribution in [2.24, 2.45) is 5.92 Å². The Morgan fingerprint density at radius 2 is 1.37 bits per heavy atom. The number of ether oxygens (including phenoxy) is 9. The molecule has 19 nitrogen and oxygen atoms in total. The van der Waals surface area contributed by atoms with Gasteiger partial charge in [-0.15, -0.1) is 0 Å². The fourth-order valence-corrected chi connectivity index (χ4v) is 4.33. The largest absolute Gasteiger partial charge is 0.514 e. The Morgan fingerprint density at radius 1 is 0.784 bits per heavy atom. The molecule has 2 aromatic carbocycles. The van der Waals surface area contributed by atoms with Crippen molar-refractivity contribution < 1.29 is 71.7 Å². The highest BCUT2D eigenvalue weighted by molar-refractivity contribution is 5.75. The molecule has 3 rings (SSSR count). The van der Waals surface area contributed by atoms with Gasteiger partial charge in [-0.25, -0.2) is 19.2 Å². The Balaban J connectivity index is 1.90. The fraction of sp³-hybridized carbons (Fsp3) is 0.312. The summed E-state index contributed by atoms with van der Waals surface area (Å²) < 4.78 is 47.3. The molecule has 0 saturated carbocycles. The van der Waals surface area contributed by atoms with Gasteiger partial charge in [0.05, 0.1) is 9.85 Å². The minimum Gasteiger partial charge on any atom is -0.460 e. The fourth-order valence-electron chi connectivity index (χ4n) is 4.33. The average molecular weight is 717 g/mol. The summed E-state index contributed by atoms with van der Waals surface area (Å²) in [5.74, 6) is -2.58. The van der Waals surface area contributed by atoms with Crippen molar-refractivity contribution in [1.29, 1.82) is 0 Å². The van der Waals surface area contributed by atoms with Gasteiger partial charge in [0, 0.05) is 24.1 Å². The zero-order chi connectivity index (χ0) is 37.5. The van der Waals surface area contributed by atoms with Crippen molar-refractivity contribution in [2.45, 2.75) is 38.1 Å². The SMILES string of the molecule is C=CCOC(=O)O[C@H]1[C@H](Oc2ccc(COC(=O)Oc3ccc([N+](=O)[O-])cc3)cc2[N+](=O)[O-])O[C@H](C(=O)OCC=C)[C@@H](C)[C@@H]1OC(=O)OCC=C. The van der Waals surface area contributed by atoms with Gasteiger partial charge in [-0.2, -0.15) is 0 Å². The first-order chi connectivity index (χ1) is 24.4. The van der Waals surface area contributed by atoms with Crippen molar-refractivity contribution in [2.75, 3.05) is 19.8 Å². The number of nitrogens with zero attached hydrogens (tertiary/aromatic N) is 2. The van der Waals surface area contributed by atoms with Crippen LogP contribution >= 0.6 is 0 Å². The minimum atomic E-state index is -1.87. The van der Waals surface area contributed by atoms with Crippen LogP contribution in [0.5, 0.6) is 11.5 Å². The molecular weight excluding hydrogens is 684 g/mol. The number of nitro groups is 2. The summed E-state index contributed by atoms with van der Waals surface area (Å²) in [5.41, 5.74) is -0.837. The van der Waals surface area contributed by atoms with E-state index in [2.05, 4.69) is 19.7 Å². The van der Waals surface area contributed by atoms with Gasteiger partial charge in [0.15, 0.2) is 18.0 Å². The maximum absolute atomic E-state index is 13.0. The first kappa shape index (κ1) is 38.9. The van der Waals surface area contributed by atoms with Gasteiger partial charge in [0.1, 0.15) is 32.2 Å². The van der Waals surface area contributed by atoms with Crippen LogP contribution < -0.4 is 9.47 Å². The Labute approximate surface area is 289 Å². The molecule has 51 heavy (non-hydrogen) atoms. The van der Waals surface area contributed by atoms with Crippen LogP contribution in [-0.4, -0.2) is 78.7 Å². The number of non-ortho nitro benzene ring substituents is 1. The van der Waals surface area contributed by atoms with Crippen molar-refractivity contribution in [3.63, 3.8) is 0 Å². The summed E-state index contributed by atoms with van der Waals surface area (Å²) in [5, 5.41) is 22.9. The molecule has 0 amide bonds. The number of esters is 1. The third kappa shape index (κ3) is 11.3. The molecule has 0 aliphatic carbocycles. The van der Waals surface area contributed by atoms with E-state index in [4.69, 9.17) is 42.6 Å². The second kappa shape index (κ2) is 18.9. The van der Waals surface area contributed by atoms with Crippen LogP contribution in [0.4, 0.5) is 25.8 Å². The third-order valence-electron chi connectivity index (χ3n) is 6.62. The number of carbonyl (C=O) groups excluding carboxylic acids is 4. The molecule has 0 aromatic heterocycles. The first-order valence-electron chi connectivity index (χ1n) is 14.7. The van der Waals surface area contributed by atoms with Gasteiger partial charge in [0.2, 0.25) is 12.4 Å². The van der Waals surface area contributed by atoms with Crippen LogP contribution in [0, 0.1) is 26.1 Å². The summed E-state index contributed by atoms with van der Waals surface area (Å²) in [6.07, 6.45) is -6.64. The van der Waals surface area contributed by atoms with Crippen LogP contribution in [-0.2, 0) is 44.6 Å². The molecule has 1 aliphatic rings. The van der Waals surface area contributed by atoms with Crippen molar-refractivity contribution in [3.8, 4) is 11.5 Å². The Hall–Kier alpha value is -6.50. The quantitative estimate of drug-likeness (QED) is 0.0548. The monoisotopic (exact) mass is 716 g/mol. The number of hydrogen-bond donors (Lipinski definition) is 0. The predicted octanol–water partition coefficient (Wildman–Crippen LogP) is 5.10. The Kier molecular flexibility index (Phi) is 14.4. The normalized spacial score (nSPS) is 19.2. The molecule has 0 bridgehead atoms. The molecule has 5 atom stereocenters. The molecular formula is C32H32N2O17. The lowest BCUT2D eigenvalue weighted by Gasteiger charge is -2.42. The van der Waals surface area contributed by atoms with Crippen LogP contribution in [0.1, 0.15) is 12.5 Å². The van der Waals surface area contributed by atoms with E-state index in [0.717, 1.165) is 24.3 Å². The number of hydrogen-bond acceptors (Lipinski definition) is 17. The zero-order valence-electron chi connectivity index (χ0n) is 26.9. The van der Waals surface area contributed by atoms with E-state index < -0.39 is 82.8 Å². The average Bonchev–Trinajstić information content (AvgIpc) is 3.10. The van der Waals surface area contributed by atoms with E-state index in [1.54, 1.807) is 0 Å².